The fourth-order valence-electron chi connectivity index (χ4n) is 0.428. The maximum absolute atomic E-state index is 10.8. The van der Waals surface area contributed by atoms with Gasteiger partial charge in [0.25, 0.3) is 0 Å². The van der Waals surface area contributed by atoms with E-state index < -0.39 is 8.25 Å². The van der Waals surface area contributed by atoms with E-state index in [0.29, 0.717) is 0 Å². The van der Waals surface area contributed by atoms with Crippen molar-refractivity contribution in [2.75, 3.05) is 0 Å². The number of allylic oxidation sites excluding steroid dienone is 2. The molecule has 0 aromatic heterocycles. The number of rotatable bonds is 6. The molecule has 0 bridgehead atoms. The van der Waals surface area contributed by atoms with E-state index in [0.717, 1.165) is 12.8 Å². The molecule has 0 aliphatic rings. The zero-order valence-corrected chi connectivity index (χ0v) is 8.45. The molecule has 0 rings (SSSR count). The molecule has 0 unspecified atom stereocenters. The van der Waals surface area contributed by atoms with Crippen LogP contribution in [0.25, 0.3) is 0 Å². The Morgan fingerprint density at radius 3 is 1.83 bits per heavy atom. The Balaban J connectivity index is 3.46. The van der Waals surface area contributed by atoms with Crippen molar-refractivity contribution in [2.24, 2.45) is 0 Å². The summed E-state index contributed by atoms with van der Waals surface area (Å²) in [5.41, 5.74) is 0. The minimum absolute atomic E-state index is 0.861. The fraction of sp³-hybridized carbons (Fsp3) is 0.500. The second-order valence-corrected chi connectivity index (χ2v) is 3.02. The van der Waals surface area contributed by atoms with Gasteiger partial charge < -0.3 is 9.05 Å². The zero-order valence-electron chi connectivity index (χ0n) is 7.45. The van der Waals surface area contributed by atoms with Crippen LogP contribution in [0.5, 0.6) is 0 Å². The van der Waals surface area contributed by atoms with E-state index in [1.165, 1.54) is 12.5 Å². The number of hydrogen-bond donors (Lipinski definition) is 0. The van der Waals surface area contributed by atoms with Gasteiger partial charge in [-0.2, -0.15) is 0 Å². The van der Waals surface area contributed by atoms with Gasteiger partial charge in [0, 0.05) is 0 Å². The Hall–Kier alpha value is -0.690. The summed E-state index contributed by atoms with van der Waals surface area (Å²) in [7, 11) is -2.36. The van der Waals surface area contributed by atoms with E-state index in [2.05, 4.69) is 0 Å². The number of hydrogen-bond acceptors (Lipinski definition) is 3. The molecule has 0 aliphatic heterocycles. The summed E-state index contributed by atoms with van der Waals surface area (Å²) in [5, 5.41) is 0. The smallest absolute Gasteiger partial charge is 0.417 e. The third-order valence-corrected chi connectivity index (χ3v) is 1.65. The van der Waals surface area contributed by atoms with Crippen molar-refractivity contribution in [3.05, 3.63) is 24.7 Å². The highest BCUT2D eigenvalue weighted by atomic mass is 31.1. The van der Waals surface area contributed by atoms with Gasteiger partial charge in [0.05, 0.1) is 12.5 Å². The summed E-state index contributed by atoms with van der Waals surface area (Å²) >= 11 is 0. The van der Waals surface area contributed by atoms with Gasteiger partial charge in [-0.05, 0) is 25.0 Å². The van der Waals surface area contributed by atoms with Crippen molar-refractivity contribution in [1.29, 1.82) is 0 Å². The van der Waals surface area contributed by atoms with Gasteiger partial charge in [-0.15, -0.1) is 0 Å². The van der Waals surface area contributed by atoms with Gasteiger partial charge in [-0.3, -0.25) is 0 Å². The van der Waals surface area contributed by atoms with Crippen LogP contribution in [0.4, 0.5) is 0 Å². The quantitative estimate of drug-likeness (QED) is 0.476. The van der Waals surface area contributed by atoms with Crippen molar-refractivity contribution < 1.29 is 13.6 Å². The molecule has 0 heterocycles. The lowest BCUT2D eigenvalue weighted by atomic mass is 10.5. The molecule has 0 saturated heterocycles. The highest BCUT2D eigenvalue weighted by Crippen LogP contribution is 2.24. The lowest BCUT2D eigenvalue weighted by Gasteiger charge is -1.98. The fourth-order valence-corrected chi connectivity index (χ4v) is 0.898. The summed E-state index contributed by atoms with van der Waals surface area (Å²) < 4.78 is 20.3. The average Bonchev–Trinajstić information content (AvgIpc) is 2.06. The zero-order chi connectivity index (χ0) is 9.23. The van der Waals surface area contributed by atoms with Gasteiger partial charge >= 0.3 is 8.25 Å². The Kier molecular flexibility index (Phi) is 7.92. The molecular formula is C8H15O3P. The molecule has 0 spiro atoms. The van der Waals surface area contributed by atoms with Crippen LogP contribution < -0.4 is 0 Å². The molecule has 3 nitrogen and oxygen atoms in total. The van der Waals surface area contributed by atoms with E-state index in [1.807, 2.05) is 13.8 Å². The second kappa shape index (κ2) is 8.41. The van der Waals surface area contributed by atoms with Crippen molar-refractivity contribution >= 4 is 8.25 Å². The predicted molar refractivity (Wildman–Crippen MR) is 50.0 cm³/mol. The van der Waals surface area contributed by atoms with Crippen molar-refractivity contribution in [2.45, 2.75) is 26.7 Å². The Morgan fingerprint density at radius 1 is 1.08 bits per heavy atom. The molecule has 0 aliphatic carbocycles. The van der Waals surface area contributed by atoms with Crippen LogP contribution in [0.3, 0.4) is 0 Å². The van der Waals surface area contributed by atoms with Crippen LogP contribution in [-0.4, -0.2) is 0 Å². The van der Waals surface area contributed by atoms with E-state index >= 15 is 0 Å². The average molecular weight is 190 g/mol. The van der Waals surface area contributed by atoms with Crippen LogP contribution in [0.15, 0.2) is 24.7 Å². The molecular weight excluding hydrogens is 175 g/mol. The van der Waals surface area contributed by atoms with Gasteiger partial charge in [0.1, 0.15) is 0 Å². The molecule has 4 heteroatoms. The summed E-state index contributed by atoms with van der Waals surface area (Å²) in [5.74, 6) is 0. The molecule has 0 aromatic rings. The summed E-state index contributed by atoms with van der Waals surface area (Å²) in [6, 6.07) is 0. The molecule has 0 amide bonds. The van der Waals surface area contributed by atoms with Gasteiger partial charge in [-0.25, -0.2) is 4.57 Å². The van der Waals surface area contributed by atoms with Crippen molar-refractivity contribution in [3.8, 4) is 0 Å². The topological polar surface area (TPSA) is 35.5 Å². The normalized spacial score (nSPS) is 13.8. The van der Waals surface area contributed by atoms with E-state index in [9.17, 15) is 4.57 Å². The van der Waals surface area contributed by atoms with Gasteiger partial charge in [-0.1, -0.05) is 13.8 Å². The largest absolute Gasteiger partial charge is 0.426 e. The monoisotopic (exact) mass is 190 g/mol. The molecule has 0 fully saturated rings. The van der Waals surface area contributed by atoms with Crippen LogP contribution in [-0.2, 0) is 13.6 Å². The minimum Gasteiger partial charge on any atom is -0.426 e. The Morgan fingerprint density at radius 2 is 1.50 bits per heavy atom. The first-order valence-electron chi connectivity index (χ1n) is 3.98. The maximum atomic E-state index is 10.8. The Labute approximate surface area is 74.0 Å². The highest BCUT2D eigenvalue weighted by molar-refractivity contribution is 7.33. The van der Waals surface area contributed by atoms with E-state index in [-0.39, 0.29) is 0 Å². The molecule has 70 valence electrons. The SMILES string of the molecule is CCC=CO[PH](=O)OC=CCC. The standard InChI is InChI=1S/C8H15O3P/c1-3-5-7-10-12(9)11-8-6-4-2/h5-8,12H,3-4H2,1-2H3. The van der Waals surface area contributed by atoms with E-state index in [1.54, 1.807) is 12.2 Å². The maximum Gasteiger partial charge on any atom is 0.417 e. The molecule has 0 atom stereocenters. The first-order chi connectivity index (χ1) is 5.81. The Bertz CT molecular complexity index is 157. The van der Waals surface area contributed by atoms with Crippen LogP contribution >= 0.6 is 8.25 Å². The lowest BCUT2D eigenvalue weighted by molar-refractivity contribution is 0.354. The summed E-state index contributed by atoms with van der Waals surface area (Å²) in [6.45, 7) is 3.93. The van der Waals surface area contributed by atoms with E-state index in [4.69, 9.17) is 9.05 Å². The molecule has 0 radical (unpaired) electrons. The van der Waals surface area contributed by atoms with Crippen LogP contribution in [0.2, 0.25) is 0 Å². The predicted octanol–water partition coefficient (Wildman–Crippen LogP) is 3.26. The molecule has 0 N–H and O–H groups in total. The summed E-state index contributed by atoms with van der Waals surface area (Å²) in [6.07, 6.45) is 8.08. The lowest BCUT2D eigenvalue weighted by Crippen LogP contribution is -1.69. The van der Waals surface area contributed by atoms with Crippen molar-refractivity contribution in [3.63, 3.8) is 0 Å². The first kappa shape index (κ1) is 11.3. The first-order valence-corrected chi connectivity index (χ1v) is 5.21. The van der Waals surface area contributed by atoms with Crippen molar-refractivity contribution in [1.82, 2.24) is 0 Å². The third-order valence-electron chi connectivity index (χ3n) is 0.992. The second-order valence-electron chi connectivity index (χ2n) is 2.05. The van der Waals surface area contributed by atoms with Crippen LogP contribution in [0, 0.1) is 0 Å². The van der Waals surface area contributed by atoms with Crippen LogP contribution in [0.1, 0.15) is 26.7 Å². The third kappa shape index (κ3) is 7.42. The molecule has 0 aromatic carbocycles. The molecule has 12 heavy (non-hydrogen) atoms. The van der Waals surface area contributed by atoms with Gasteiger partial charge in [0.15, 0.2) is 0 Å². The summed E-state index contributed by atoms with van der Waals surface area (Å²) in [4.78, 5) is 0. The molecule has 0 saturated carbocycles. The highest BCUT2D eigenvalue weighted by Gasteiger charge is 1.90. The van der Waals surface area contributed by atoms with Gasteiger partial charge in [0.2, 0.25) is 0 Å². The minimum atomic E-state index is -2.36.